The van der Waals surface area contributed by atoms with E-state index in [1.165, 1.54) is 11.8 Å². The number of para-hydroxylation sites is 1. The van der Waals surface area contributed by atoms with E-state index in [0.717, 1.165) is 17.7 Å². The number of anilines is 1. The number of amides is 2. The summed E-state index contributed by atoms with van der Waals surface area (Å²) in [6.07, 6.45) is 2.35. The standard InChI is InChI=1S/C23H21N3O2/c1-16(17-7-3-2-4-8-17)25-22(27)20-15-19(11-13-24-20)23(28)26-14-12-18-9-5-6-10-21(18)26/h2-11,13,15-16H,12,14H2,1H3,(H,25,27). The van der Waals surface area contributed by atoms with Crippen LogP contribution in [0.2, 0.25) is 0 Å². The molecule has 0 saturated carbocycles. The molecule has 1 N–H and O–H groups in total. The monoisotopic (exact) mass is 371 g/mol. The van der Waals surface area contributed by atoms with Crippen LogP contribution in [0.25, 0.3) is 0 Å². The second-order valence-corrected chi connectivity index (χ2v) is 6.87. The minimum Gasteiger partial charge on any atom is -0.344 e. The Kier molecular flexibility index (Phi) is 4.89. The summed E-state index contributed by atoms with van der Waals surface area (Å²) in [6, 6.07) is 20.7. The fraction of sp³-hybridized carbons (Fsp3) is 0.174. The molecule has 4 rings (SSSR count). The molecule has 0 saturated heterocycles. The third kappa shape index (κ3) is 3.51. The molecule has 1 aliphatic rings. The number of benzene rings is 2. The lowest BCUT2D eigenvalue weighted by atomic mass is 10.1. The highest BCUT2D eigenvalue weighted by Gasteiger charge is 2.25. The van der Waals surface area contributed by atoms with Crippen molar-refractivity contribution in [2.75, 3.05) is 11.4 Å². The topological polar surface area (TPSA) is 62.3 Å². The van der Waals surface area contributed by atoms with Crippen LogP contribution in [-0.4, -0.2) is 23.3 Å². The molecule has 140 valence electrons. The zero-order valence-corrected chi connectivity index (χ0v) is 15.6. The summed E-state index contributed by atoms with van der Waals surface area (Å²) in [5, 5.41) is 2.94. The number of aromatic nitrogens is 1. The number of nitrogens with zero attached hydrogens (tertiary/aromatic N) is 2. The third-order valence-electron chi connectivity index (χ3n) is 5.02. The fourth-order valence-corrected chi connectivity index (χ4v) is 3.49. The van der Waals surface area contributed by atoms with Gasteiger partial charge in [-0.1, -0.05) is 48.5 Å². The van der Waals surface area contributed by atoms with Gasteiger partial charge in [0, 0.05) is 24.0 Å². The van der Waals surface area contributed by atoms with Crippen LogP contribution in [0.1, 0.15) is 44.9 Å². The first-order chi connectivity index (χ1) is 13.6. The van der Waals surface area contributed by atoms with Gasteiger partial charge in [0.25, 0.3) is 11.8 Å². The van der Waals surface area contributed by atoms with Gasteiger partial charge < -0.3 is 10.2 Å². The van der Waals surface area contributed by atoms with Gasteiger partial charge in [-0.15, -0.1) is 0 Å². The smallest absolute Gasteiger partial charge is 0.270 e. The van der Waals surface area contributed by atoms with Crippen LogP contribution in [0.15, 0.2) is 72.9 Å². The maximum atomic E-state index is 13.0. The molecule has 1 unspecified atom stereocenters. The Labute approximate surface area is 164 Å². The Balaban J connectivity index is 1.52. The summed E-state index contributed by atoms with van der Waals surface area (Å²) in [4.78, 5) is 31.5. The first-order valence-corrected chi connectivity index (χ1v) is 9.35. The first-order valence-electron chi connectivity index (χ1n) is 9.35. The van der Waals surface area contributed by atoms with Crippen LogP contribution in [0.3, 0.4) is 0 Å². The Bertz CT molecular complexity index is 1020. The van der Waals surface area contributed by atoms with Crippen molar-refractivity contribution in [1.29, 1.82) is 0 Å². The van der Waals surface area contributed by atoms with Gasteiger partial charge >= 0.3 is 0 Å². The van der Waals surface area contributed by atoms with Gasteiger partial charge in [-0.05, 0) is 42.7 Å². The molecule has 3 aromatic rings. The van der Waals surface area contributed by atoms with E-state index in [0.29, 0.717) is 12.1 Å². The van der Waals surface area contributed by atoms with Gasteiger partial charge in [-0.2, -0.15) is 0 Å². The number of pyridine rings is 1. The van der Waals surface area contributed by atoms with Crippen molar-refractivity contribution in [1.82, 2.24) is 10.3 Å². The predicted octanol–water partition coefficient (Wildman–Crippen LogP) is 3.78. The Hall–Kier alpha value is -3.47. The number of fused-ring (bicyclic) bond motifs is 1. The maximum absolute atomic E-state index is 13.0. The second-order valence-electron chi connectivity index (χ2n) is 6.87. The molecule has 5 nitrogen and oxygen atoms in total. The number of rotatable bonds is 4. The molecule has 0 radical (unpaired) electrons. The van der Waals surface area contributed by atoms with Crippen LogP contribution in [0.4, 0.5) is 5.69 Å². The van der Waals surface area contributed by atoms with Crippen molar-refractivity contribution in [3.63, 3.8) is 0 Å². The van der Waals surface area contributed by atoms with Crippen molar-refractivity contribution < 1.29 is 9.59 Å². The number of hydrogen-bond acceptors (Lipinski definition) is 3. The zero-order valence-electron chi connectivity index (χ0n) is 15.6. The number of nitrogens with one attached hydrogen (secondary N) is 1. The lowest BCUT2D eigenvalue weighted by molar-refractivity contribution is 0.0935. The molecule has 5 heteroatoms. The highest BCUT2D eigenvalue weighted by molar-refractivity contribution is 6.08. The number of carbonyl (C=O) groups excluding carboxylic acids is 2. The van der Waals surface area contributed by atoms with Crippen LogP contribution in [-0.2, 0) is 6.42 Å². The van der Waals surface area contributed by atoms with E-state index in [4.69, 9.17) is 0 Å². The van der Waals surface area contributed by atoms with E-state index < -0.39 is 0 Å². The molecule has 2 heterocycles. The lowest BCUT2D eigenvalue weighted by Crippen LogP contribution is -2.30. The van der Waals surface area contributed by atoms with E-state index in [-0.39, 0.29) is 23.6 Å². The molecular weight excluding hydrogens is 350 g/mol. The minimum absolute atomic E-state index is 0.113. The predicted molar refractivity (Wildman–Crippen MR) is 108 cm³/mol. The number of hydrogen-bond donors (Lipinski definition) is 1. The average Bonchev–Trinajstić information content (AvgIpc) is 3.18. The van der Waals surface area contributed by atoms with Crippen molar-refractivity contribution in [3.8, 4) is 0 Å². The van der Waals surface area contributed by atoms with Crippen LogP contribution in [0, 0.1) is 0 Å². The number of carbonyl (C=O) groups is 2. The van der Waals surface area contributed by atoms with Crippen molar-refractivity contribution in [2.24, 2.45) is 0 Å². The highest BCUT2D eigenvalue weighted by Crippen LogP contribution is 2.28. The molecule has 1 atom stereocenters. The molecule has 2 amide bonds. The van der Waals surface area contributed by atoms with Crippen molar-refractivity contribution >= 4 is 17.5 Å². The summed E-state index contributed by atoms with van der Waals surface area (Å²) in [6.45, 7) is 2.57. The van der Waals surface area contributed by atoms with E-state index >= 15 is 0 Å². The van der Waals surface area contributed by atoms with Crippen LogP contribution >= 0.6 is 0 Å². The molecule has 0 fully saturated rings. The quantitative estimate of drug-likeness (QED) is 0.759. The summed E-state index contributed by atoms with van der Waals surface area (Å²) < 4.78 is 0. The second kappa shape index (κ2) is 7.64. The van der Waals surface area contributed by atoms with E-state index in [1.807, 2.05) is 61.5 Å². The Morgan fingerprint density at radius 3 is 2.61 bits per heavy atom. The lowest BCUT2D eigenvalue weighted by Gasteiger charge is -2.18. The molecular formula is C23H21N3O2. The molecule has 0 bridgehead atoms. The molecule has 0 spiro atoms. The van der Waals surface area contributed by atoms with Gasteiger partial charge in [0.1, 0.15) is 5.69 Å². The van der Waals surface area contributed by atoms with Crippen LogP contribution < -0.4 is 10.2 Å². The van der Waals surface area contributed by atoms with Gasteiger partial charge in [-0.3, -0.25) is 14.6 Å². The normalized spacial score (nSPS) is 13.7. The fourth-order valence-electron chi connectivity index (χ4n) is 3.49. The maximum Gasteiger partial charge on any atom is 0.270 e. The Morgan fingerprint density at radius 2 is 1.79 bits per heavy atom. The summed E-state index contributed by atoms with van der Waals surface area (Å²) in [5.41, 5.74) is 3.81. The minimum atomic E-state index is -0.298. The Morgan fingerprint density at radius 1 is 1.04 bits per heavy atom. The van der Waals surface area contributed by atoms with E-state index in [9.17, 15) is 9.59 Å². The van der Waals surface area contributed by atoms with Crippen LogP contribution in [0.5, 0.6) is 0 Å². The van der Waals surface area contributed by atoms with Gasteiger partial charge in [-0.25, -0.2) is 0 Å². The van der Waals surface area contributed by atoms with E-state index in [2.05, 4.69) is 10.3 Å². The third-order valence-corrected chi connectivity index (χ3v) is 5.02. The van der Waals surface area contributed by atoms with Gasteiger partial charge in [0.15, 0.2) is 0 Å². The van der Waals surface area contributed by atoms with Crippen molar-refractivity contribution in [2.45, 2.75) is 19.4 Å². The molecule has 1 aromatic heterocycles. The summed E-state index contributed by atoms with van der Waals surface area (Å²) in [5.74, 6) is -0.412. The van der Waals surface area contributed by atoms with Gasteiger partial charge in [0.2, 0.25) is 0 Å². The molecule has 0 aliphatic carbocycles. The van der Waals surface area contributed by atoms with Crippen molar-refractivity contribution in [3.05, 3.63) is 95.3 Å². The highest BCUT2D eigenvalue weighted by atomic mass is 16.2. The molecule has 28 heavy (non-hydrogen) atoms. The summed E-state index contributed by atoms with van der Waals surface area (Å²) in [7, 11) is 0. The molecule has 2 aromatic carbocycles. The first kappa shape index (κ1) is 17.9. The molecule has 1 aliphatic heterocycles. The average molecular weight is 371 g/mol. The summed E-state index contributed by atoms with van der Waals surface area (Å²) >= 11 is 0. The largest absolute Gasteiger partial charge is 0.344 e. The van der Waals surface area contributed by atoms with Gasteiger partial charge in [0.05, 0.1) is 6.04 Å². The zero-order chi connectivity index (χ0) is 19.5. The van der Waals surface area contributed by atoms with E-state index in [1.54, 1.807) is 17.0 Å². The SMILES string of the molecule is CC(NC(=O)c1cc(C(=O)N2CCc3ccccc32)ccn1)c1ccccc1.